The normalized spacial score (nSPS) is 17.4. The van der Waals surface area contributed by atoms with E-state index in [0.717, 1.165) is 24.0 Å². The molecule has 3 rings (SSSR count). The van der Waals surface area contributed by atoms with Crippen molar-refractivity contribution >= 4 is 5.91 Å². The lowest BCUT2D eigenvalue weighted by molar-refractivity contribution is -0.132. The standard InChI is InChI=1S/C24H30N2O2/c1-3-10-22(23(27)24(28)25-21-15-16-21)26(17-19-11-6-4-7-12-19)18(2)20-13-8-5-9-14-20/h3-14,18,21-23,27H,15-17H2,1-2H3,(H,25,28)/b10-3+/t18-,22-,23?/m0/s1. The maximum Gasteiger partial charge on any atom is 0.251 e. The molecule has 2 N–H and O–H groups in total. The van der Waals surface area contributed by atoms with Gasteiger partial charge >= 0.3 is 0 Å². The van der Waals surface area contributed by atoms with Crippen molar-refractivity contribution in [2.75, 3.05) is 0 Å². The Kier molecular flexibility index (Phi) is 7.01. The van der Waals surface area contributed by atoms with E-state index in [9.17, 15) is 9.90 Å². The van der Waals surface area contributed by atoms with Crippen molar-refractivity contribution in [1.29, 1.82) is 0 Å². The van der Waals surface area contributed by atoms with E-state index in [1.165, 1.54) is 0 Å². The fraction of sp³-hybridized carbons (Fsp3) is 0.375. The van der Waals surface area contributed by atoms with Crippen molar-refractivity contribution in [2.45, 2.75) is 57.5 Å². The molecule has 4 heteroatoms. The smallest absolute Gasteiger partial charge is 0.251 e. The first-order chi connectivity index (χ1) is 13.6. The maximum absolute atomic E-state index is 12.6. The lowest BCUT2D eigenvalue weighted by Gasteiger charge is -2.37. The molecule has 1 saturated carbocycles. The van der Waals surface area contributed by atoms with E-state index in [2.05, 4.69) is 41.4 Å². The van der Waals surface area contributed by atoms with Crippen LogP contribution in [0.1, 0.15) is 43.9 Å². The molecule has 1 amide bonds. The number of hydrogen-bond acceptors (Lipinski definition) is 3. The van der Waals surface area contributed by atoms with Crippen LogP contribution in [0, 0.1) is 0 Å². The monoisotopic (exact) mass is 378 g/mol. The number of aliphatic hydroxyl groups is 1. The van der Waals surface area contributed by atoms with Gasteiger partial charge in [0.25, 0.3) is 5.91 Å². The van der Waals surface area contributed by atoms with Crippen molar-refractivity contribution in [1.82, 2.24) is 10.2 Å². The summed E-state index contributed by atoms with van der Waals surface area (Å²) in [7, 11) is 0. The number of rotatable bonds is 9. The fourth-order valence-corrected chi connectivity index (χ4v) is 3.48. The number of nitrogens with zero attached hydrogens (tertiary/aromatic N) is 1. The van der Waals surface area contributed by atoms with E-state index in [-0.39, 0.29) is 18.0 Å². The first-order valence-corrected chi connectivity index (χ1v) is 10.1. The molecule has 1 unspecified atom stereocenters. The average Bonchev–Trinajstić information content (AvgIpc) is 3.55. The molecule has 0 spiro atoms. The Bertz CT molecular complexity index is 772. The third-order valence-corrected chi connectivity index (χ3v) is 5.28. The number of nitrogens with one attached hydrogen (secondary N) is 1. The topological polar surface area (TPSA) is 52.6 Å². The fourth-order valence-electron chi connectivity index (χ4n) is 3.48. The average molecular weight is 379 g/mol. The molecule has 3 atom stereocenters. The molecule has 28 heavy (non-hydrogen) atoms. The van der Waals surface area contributed by atoms with Crippen LogP contribution in [0.5, 0.6) is 0 Å². The summed E-state index contributed by atoms with van der Waals surface area (Å²) in [6.07, 6.45) is 4.72. The highest BCUT2D eigenvalue weighted by Gasteiger charge is 2.35. The van der Waals surface area contributed by atoms with Crippen LogP contribution in [0.3, 0.4) is 0 Å². The SMILES string of the molecule is C/C=C/[C@@H](C(O)C(=O)NC1CC1)N(Cc1ccccc1)[C@@H](C)c1ccccc1. The van der Waals surface area contributed by atoms with Gasteiger partial charge in [-0.25, -0.2) is 0 Å². The van der Waals surface area contributed by atoms with Crippen molar-refractivity contribution < 1.29 is 9.90 Å². The summed E-state index contributed by atoms with van der Waals surface area (Å²) < 4.78 is 0. The van der Waals surface area contributed by atoms with E-state index in [1.54, 1.807) is 0 Å². The Hall–Kier alpha value is -2.43. The Labute approximate surface area is 167 Å². The van der Waals surface area contributed by atoms with Gasteiger partial charge in [-0.2, -0.15) is 0 Å². The molecular formula is C24H30N2O2. The lowest BCUT2D eigenvalue weighted by atomic mass is 9.99. The Morgan fingerprint density at radius 3 is 2.32 bits per heavy atom. The first kappa shape index (κ1) is 20.3. The van der Waals surface area contributed by atoms with Gasteiger partial charge in [-0.15, -0.1) is 0 Å². The van der Waals surface area contributed by atoms with Gasteiger partial charge in [-0.05, 0) is 37.8 Å². The van der Waals surface area contributed by atoms with Crippen molar-refractivity contribution in [3.8, 4) is 0 Å². The molecule has 0 saturated heterocycles. The number of aliphatic hydroxyl groups excluding tert-OH is 1. The molecule has 1 aliphatic carbocycles. The molecule has 1 fully saturated rings. The van der Waals surface area contributed by atoms with Crippen LogP contribution in [0.15, 0.2) is 72.8 Å². The van der Waals surface area contributed by atoms with E-state index >= 15 is 0 Å². The maximum atomic E-state index is 12.6. The molecule has 2 aromatic rings. The lowest BCUT2D eigenvalue weighted by Crippen LogP contribution is -2.50. The zero-order valence-electron chi connectivity index (χ0n) is 16.7. The predicted octanol–water partition coefficient (Wildman–Crippen LogP) is 3.83. The third kappa shape index (κ3) is 5.31. The molecule has 0 heterocycles. The minimum absolute atomic E-state index is 0.0333. The number of carbonyl (C=O) groups is 1. The van der Waals surface area contributed by atoms with E-state index in [0.29, 0.717) is 6.54 Å². The second-order valence-corrected chi connectivity index (χ2v) is 7.49. The van der Waals surface area contributed by atoms with Crippen molar-refractivity contribution in [3.63, 3.8) is 0 Å². The minimum Gasteiger partial charge on any atom is -0.381 e. The Morgan fingerprint density at radius 1 is 1.14 bits per heavy atom. The molecule has 1 aliphatic rings. The van der Waals surface area contributed by atoms with E-state index < -0.39 is 12.1 Å². The molecule has 0 bridgehead atoms. The molecular weight excluding hydrogens is 348 g/mol. The Morgan fingerprint density at radius 2 is 1.75 bits per heavy atom. The van der Waals surface area contributed by atoms with Crippen LogP contribution < -0.4 is 5.32 Å². The first-order valence-electron chi connectivity index (χ1n) is 10.1. The highest BCUT2D eigenvalue weighted by atomic mass is 16.3. The zero-order valence-corrected chi connectivity index (χ0v) is 16.7. The van der Waals surface area contributed by atoms with Gasteiger partial charge in [0.15, 0.2) is 6.10 Å². The van der Waals surface area contributed by atoms with Crippen molar-refractivity contribution in [3.05, 3.63) is 83.9 Å². The zero-order chi connectivity index (χ0) is 19.9. The van der Waals surface area contributed by atoms with E-state index in [1.807, 2.05) is 55.5 Å². The van der Waals surface area contributed by atoms with Gasteiger partial charge in [-0.3, -0.25) is 9.69 Å². The van der Waals surface area contributed by atoms with Gasteiger partial charge in [0, 0.05) is 18.6 Å². The number of allylic oxidation sites excluding steroid dienone is 1. The van der Waals surface area contributed by atoms with Crippen LogP contribution in [0.4, 0.5) is 0 Å². The second kappa shape index (κ2) is 9.67. The Balaban J connectivity index is 1.89. The summed E-state index contributed by atoms with van der Waals surface area (Å²) in [6.45, 7) is 4.69. The van der Waals surface area contributed by atoms with Crippen molar-refractivity contribution in [2.24, 2.45) is 0 Å². The summed E-state index contributed by atoms with van der Waals surface area (Å²) in [5.74, 6) is -0.288. The molecule has 0 aliphatic heterocycles. The molecule has 2 aromatic carbocycles. The number of amides is 1. The minimum atomic E-state index is -1.12. The second-order valence-electron chi connectivity index (χ2n) is 7.49. The summed E-state index contributed by atoms with van der Waals surface area (Å²) in [4.78, 5) is 14.8. The van der Waals surface area contributed by atoms with Crippen LogP contribution in [-0.4, -0.2) is 34.1 Å². The largest absolute Gasteiger partial charge is 0.381 e. The van der Waals surface area contributed by atoms with E-state index in [4.69, 9.17) is 0 Å². The van der Waals surface area contributed by atoms with Gasteiger partial charge in [-0.1, -0.05) is 72.8 Å². The van der Waals surface area contributed by atoms with Gasteiger partial charge < -0.3 is 10.4 Å². The third-order valence-electron chi connectivity index (χ3n) is 5.28. The number of carbonyl (C=O) groups excluding carboxylic acids is 1. The van der Waals surface area contributed by atoms with Crippen LogP contribution in [0.2, 0.25) is 0 Å². The number of hydrogen-bond donors (Lipinski definition) is 2. The summed E-state index contributed by atoms with van der Waals surface area (Å²) in [5, 5.41) is 13.9. The van der Waals surface area contributed by atoms with Gasteiger partial charge in [0.2, 0.25) is 0 Å². The van der Waals surface area contributed by atoms with Crippen LogP contribution in [-0.2, 0) is 11.3 Å². The summed E-state index contributed by atoms with van der Waals surface area (Å²) in [6, 6.07) is 20.2. The highest BCUT2D eigenvalue weighted by molar-refractivity contribution is 5.82. The van der Waals surface area contributed by atoms with Crippen LogP contribution in [0.25, 0.3) is 0 Å². The number of benzene rings is 2. The van der Waals surface area contributed by atoms with Gasteiger partial charge in [0.1, 0.15) is 0 Å². The quantitative estimate of drug-likeness (QED) is 0.652. The highest BCUT2D eigenvalue weighted by Crippen LogP contribution is 2.27. The molecule has 0 radical (unpaired) electrons. The molecule has 0 aromatic heterocycles. The van der Waals surface area contributed by atoms with Crippen LogP contribution >= 0.6 is 0 Å². The predicted molar refractivity (Wildman–Crippen MR) is 113 cm³/mol. The molecule has 4 nitrogen and oxygen atoms in total. The summed E-state index contributed by atoms with van der Waals surface area (Å²) >= 11 is 0. The molecule has 148 valence electrons. The summed E-state index contributed by atoms with van der Waals surface area (Å²) in [5.41, 5.74) is 2.30. The van der Waals surface area contributed by atoms with Gasteiger partial charge in [0.05, 0.1) is 6.04 Å².